The molecule has 3 aliphatic rings. The second kappa shape index (κ2) is 11.1. The minimum Gasteiger partial charge on any atom is -0.497 e. The van der Waals surface area contributed by atoms with E-state index in [9.17, 15) is 9.59 Å². The molecule has 0 spiro atoms. The summed E-state index contributed by atoms with van der Waals surface area (Å²) in [6, 6.07) is 13.4. The average molecular weight is 560 g/mol. The van der Waals surface area contributed by atoms with E-state index in [1.165, 1.54) is 19.8 Å². The Morgan fingerprint density at radius 2 is 1.89 bits per heavy atom. The van der Waals surface area contributed by atoms with Crippen molar-refractivity contribution in [3.63, 3.8) is 0 Å². The zero-order chi connectivity index (χ0) is 26.9. The lowest BCUT2D eigenvalue weighted by molar-refractivity contribution is -0.187. The number of methoxy groups -OCH3 is 1. The topological polar surface area (TPSA) is 67.9 Å². The van der Waals surface area contributed by atoms with Crippen LogP contribution in [-0.2, 0) is 26.2 Å². The molecule has 38 heavy (non-hydrogen) atoms. The lowest BCUT2D eigenvalue weighted by Crippen LogP contribution is -2.68. The van der Waals surface area contributed by atoms with Crippen molar-refractivity contribution in [1.29, 1.82) is 0 Å². The maximum atomic E-state index is 13.1. The Kier molecular flexibility index (Phi) is 7.95. The summed E-state index contributed by atoms with van der Waals surface area (Å²) in [4.78, 5) is 28.2. The Balaban J connectivity index is 1.43. The number of ether oxygens (including phenoxy) is 2. The van der Waals surface area contributed by atoms with Gasteiger partial charge in [0.05, 0.1) is 23.6 Å². The Hall–Kier alpha value is -2.28. The summed E-state index contributed by atoms with van der Waals surface area (Å²) in [6.07, 6.45) is 5.75. The molecule has 0 bridgehead atoms. The fourth-order valence-corrected chi connectivity index (χ4v) is 6.99. The third-order valence-electron chi connectivity index (χ3n) is 8.59. The molecular weight excluding hydrogens is 523 g/mol. The lowest BCUT2D eigenvalue weighted by atomic mass is 9.55. The van der Waals surface area contributed by atoms with E-state index in [2.05, 4.69) is 22.3 Å². The molecule has 3 fully saturated rings. The number of halogens is 2. The number of carbonyl (C=O) groups is 2. The van der Waals surface area contributed by atoms with Crippen molar-refractivity contribution < 1.29 is 19.1 Å². The number of amides is 1. The summed E-state index contributed by atoms with van der Waals surface area (Å²) < 4.78 is 11.9. The van der Waals surface area contributed by atoms with E-state index in [1.807, 2.05) is 18.2 Å². The standard InChI is InChI=1S/C30H36Cl2N2O4/c1-20(35)38-30-11-10-24(33-28(36)15-22-8-9-26(31)27(32)14-22)17-29(30,23-4-3-5-25(16-23)37-2)12-13-34(19-30)18-21-6-7-21/h3-5,8-9,14,16,21,24H,6-7,10-13,15,17-19H2,1-2H3,(H,33,36)/t24-,29?,30?/m0/s1. The normalized spacial score (nSPS) is 27.3. The molecule has 5 rings (SSSR count). The van der Waals surface area contributed by atoms with Crippen LogP contribution in [0.25, 0.3) is 0 Å². The number of benzene rings is 2. The quantitative estimate of drug-likeness (QED) is 0.429. The summed E-state index contributed by atoms with van der Waals surface area (Å²) in [7, 11) is 1.67. The zero-order valence-corrected chi connectivity index (χ0v) is 23.6. The molecule has 1 N–H and O–H groups in total. The number of nitrogens with one attached hydrogen (secondary N) is 1. The Morgan fingerprint density at radius 1 is 1.08 bits per heavy atom. The van der Waals surface area contributed by atoms with Crippen molar-refractivity contribution in [1.82, 2.24) is 10.2 Å². The van der Waals surface area contributed by atoms with E-state index in [0.717, 1.165) is 48.7 Å². The first-order valence-corrected chi connectivity index (χ1v) is 14.3. The number of rotatable bonds is 8. The third-order valence-corrected chi connectivity index (χ3v) is 9.33. The minimum atomic E-state index is -0.663. The Bertz CT molecular complexity index is 1200. The molecule has 1 heterocycles. The second-order valence-electron chi connectivity index (χ2n) is 11.3. The van der Waals surface area contributed by atoms with E-state index in [4.69, 9.17) is 32.7 Å². The molecule has 2 aromatic rings. The summed E-state index contributed by atoms with van der Waals surface area (Å²) >= 11 is 12.2. The number of likely N-dealkylation sites (tertiary alicyclic amines) is 1. The number of fused-ring (bicyclic) bond motifs is 1. The van der Waals surface area contributed by atoms with Gasteiger partial charge in [-0.1, -0.05) is 41.4 Å². The summed E-state index contributed by atoms with van der Waals surface area (Å²) in [5.41, 5.74) is 0.821. The zero-order valence-electron chi connectivity index (χ0n) is 22.1. The largest absolute Gasteiger partial charge is 0.497 e. The Morgan fingerprint density at radius 3 is 2.61 bits per heavy atom. The molecule has 1 saturated heterocycles. The van der Waals surface area contributed by atoms with Gasteiger partial charge in [0.25, 0.3) is 0 Å². The summed E-state index contributed by atoms with van der Waals surface area (Å²) in [5, 5.41) is 4.19. The monoisotopic (exact) mass is 558 g/mol. The highest BCUT2D eigenvalue weighted by Crippen LogP contribution is 2.54. The number of hydrogen-bond acceptors (Lipinski definition) is 5. The first-order chi connectivity index (χ1) is 18.2. The van der Waals surface area contributed by atoms with Gasteiger partial charge < -0.3 is 14.8 Å². The first-order valence-electron chi connectivity index (χ1n) is 13.5. The molecule has 204 valence electrons. The van der Waals surface area contributed by atoms with Gasteiger partial charge in [0.15, 0.2) is 0 Å². The minimum absolute atomic E-state index is 0.0462. The molecular formula is C30H36Cl2N2O4. The molecule has 2 aromatic carbocycles. The number of hydrogen-bond donors (Lipinski definition) is 1. The fourth-order valence-electron chi connectivity index (χ4n) is 6.67. The van der Waals surface area contributed by atoms with E-state index in [-0.39, 0.29) is 24.3 Å². The van der Waals surface area contributed by atoms with Crippen molar-refractivity contribution in [2.75, 3.05) is 26.7 Å². The van der Waals surface area contributed by atoms with Crippen LogP contribution < -0.4 is 10.1 Å². The van der Waals surface area contributed by atoms with Crippen LogP contribution in [0.1, 0.15) is 56.6 Å². The molecule has 0 aromatic heterocycles. The van der Waals surface area contributed by atoms with Gasteiger partial charge >= 0.3 is 5.97 Å². The van der Waals surface area contributed by atoms with E-state index in [1.54, 1.807) is 19.2 Å². The van der Waals surface area contributed by atoms with Crippen LogP contribution in [0.2, 0.25) is 10.0 Å². The number of nitrogens with zero attached hydrogens (tertiary/aromatic N) is 1. The number of piperidine rings is 1. The van der Waals surface area contributed by atoms with Gasteiger partial charge in [0.2, 0.25) is 5.91 Å². The predicted octanol–water partition coefficient (Wildman–Crippen LogP) is 5.57. The van der Waals surface area contributed by atoms with Crippen molar-refractivity contribution in [3.05, 3.63) is 63.6 Å². The van der Waals surface area contributed by atoms with Crippen molar-refractivity contribution >= 4 is 35.1 Å². The molecule has 2 unspecified atom stereocenters. The van der Waals surface area contributed by atoms with Gasteiger partial charge in [-0.2, -0.15) is 0 Å². The molecule has 1 amide bonds. The van der Waals surface area contributed by atoms with Crippen molar-refractivity contribution in [2.24, 2.45) is 5.92 Å². The van der Waals surface area contributed by atoms with Crippen LogP contribution in [0.5, 0.6) is 5.75 Å². The summed E-state index contributed by atoms with van der Waals surface area (Å²) in [6.45, 7) is 4.21. The first kappa shape index (κ1) is 27.3. The lowest BCUT2D eigenvalue weighted by Gasteiger charge is -2.59. The molecule has 6 nitrogen and oxygen atoms in total. The SMILES string of the molecule is COc1cccc(C23CCN(CC4CC4)CC2(OC(C)=O)CC[C@H](NC(=O)Cc2ccc(Cl)c(Cl)c2)C3)c1. The van der Waals surface area contributed by atoms with Crippen LogP contribution in [0, 0.1) is 5.92 Å². The summed E-state index contributed by atoms with van der Waals surface area (Å²) in [5.74, 6) is 1.22. The van der Waals surface area contributed by atoms with Crippen LogP contribution in [0.3, 0.4) is 0 Å². The van der Waals surface area contributed by atoms with Gasteiger partial charge in [-0.15, -0.1) is 0 Å². The molecule has 8 heteroatoms. The highest BCUT2D eigenvalue weighted by Gasteiger charge is 2.61. The number of esters is 1. The van der Waals surface area contributed by atoms with Gasteiger partial charge in [-0.05, 0) is 86.4 Å². The second-order valence-corrected chi connectivity index (χ2v) is 12.1. The number of carbonyl (C=O) groups excluding carboxylic acids is 2. The fraction of sp³-hybridized carbons (Fsp3) is 0.533. The van der Waals surface area contributed by atoms with Gasteiger partial charge in [-0.25, -0.2) is 0 Å². The third kappa shape index (κ3) is 5.68. The van der Waals surface area contributed by atoms with Crippen LogP contribution in [0.15, 0.2) is 42.5 Å². The Labute approximate surface area is 235 Å². The molecule has 2 aliphatic carbocycles. The van der Waals surface area contributed by atoms with Gasteiger partial charge in [0.1, 0.15) is 11.4 Å². The molecule has 1 aliphatic heterocycles. The molecule has 0 radical (unpaired) electrons. The predicted molar refractivity (Wildman–Crippen MR) is 149 cm³/mol. The molecule has 3 atom stereocenters. The van der Waals surface area contributed by atoms with Crippen LogP contribution in [0.4, 0.5) is 0 Å². The highest BCUT2D eigenvalue weighted by atomic mass is 35.5. The maximum absolute atomic E-state index is 13.1. The van der Waals surface area contributed by atoms with Gasteiger partial charge in [0, 0.05) is 31.5 Å². The van der Waals surface area contributed by atoms with E-state index in [0.29, 0.717) is 29.4 Å². The maximum Gasteiger partial charge on any atom is 0.303 e. The van der Waals surface area contributed by atoms with Crippen LogP contribution >= 0.6 is 23.2 Å². The van der Waals surface area contributed by atoms with Crippen LogP contribution in [-0.4, -0.2) is 55.2 Å². The average Bonchev–Trinajstić information content (AvgIpc) is 3.70. The van der Waals surface area contributed by atoms with Crippen molar-refractivity contribution in [3.8, 4) is 5.75 Å². The van der Waals surface area contributed by atoms with Gasteiger partial charge in [-0.3, -0.25) is 14.5 Å². The van der Waals surface area contributed by atoms with Crippen molar-refractivity contribution in [2.45, 2.75) is 68.9 Å². The van der Waals surface area contributed by atoms with E-state index < -0.39 is 11.0 Å². The molecule has 2 saturated carbocycles. The highest BCUT2D eigenvalue weighted by molar-refractivity contribution is 6.42. The van der Waals surface area contributed by atoms with E-state index >= 15 is 0 Å². The smallest absolute Gasteiger partial charge is 0.303 e.